The fourth-order valence-corrected chi connectivity index (χ4v) is 4.58. The average Bonchev–Trinajstić information content (AvgIpc) is 2.80. The van der Waals surface area contributed by atoms with E-state index in [-0.39, 0.29) is 17.1 Å². The number of rotatable bonds is 9. The summed E-state index contributed by atoms with van der Waals surface area (Å²) < 4.78 is 28.4. The molecule has 176 valence electrons. The smallest absolute Gasteiger partial charge is 0.269 e. The Morgan fingerprint density at radius 1 is 1.06 bits per heavy atom. The third-order valence-electron chi connectivity index (χ3n) is 4.76. The quantitative estimate of drug-likeness (QED) is 0.247. The summed E-state index contributed by atoms with van der Waals surface area (Å²) in [4.78, 5) is 22.8. The minimum absolute atomic E-state index is 0.00182. The second kappa shape index (κ2) is 11.1. The zero-order valence-electron chi connectivity index (χ0n) is 18.1. The van der Waals surface area contributed by atoms with Crippen molar-refractivity contribution in [1.29, 1.82) is 0 Å². The van der Waals surface area contributed by atoms with Crippen LogP contribution in [0.1, 0.15) is 16.7 Å². The van der Waals surface area contributed by atoms with Crippen LogP contribution in [-0.4, -0.2) is 36.3 Å². The predicted molar refractivity (Wildman–Crippen MR) is 132 cm³/mol. The van der Waals surface area contributed by atoms with Crippen molar-refractivity contribution in [3.63, 3.8) is 0 Å². The summed E-state index contributed by atoms with van der Waals surface area (Å²) in [5.41, 5.74) is 4.54. The van der Waals surface area contributed by atoms with E-state index in [0.29, 0.717) is 5.56 Å². The number of carbonyl (C=O) groups is 1. The fourth-order valence-electron chi connectivity index (χ4n) is 2.94. The molecule has 1 N–H and O–H groups in total. The zero-order valence-corrected chi connectivity index (χ0v) is 20.5. The van der Waals surface area contributed by atoms with Crippen LogP contribution >= 0.6 is 15.9 Å². The number of nitro groups is 1. The Labute approximate surface area is 205 Å². The topological polar surface area (TPSA) is 122 Å². The molecule has 0 unspecified atom stereocenters. The third kappa shape index (κ3) is 6.80. The Balaban J connectivity index is 1.75. The van der Waals surface area contributed by atoms with Gasteiger partial charge in [0.15, 0.2) is 0 Å². The van der Waals surface area contributed by atoms with Gasteiger partial charge in [-0.05, 0) is 54.4 Å². The van der Waals surface area contributed by atoms with E-state index < -0.39 is 27.4 Å². The Morgan fingerprint density at radius 3 is 2.26 bits per heavy atom. The highest BCUT2D eigenvalue weighted by Crippen LogP contribution is 2.21. The van der Waals surface area contributed by atoms with Gasteiger partial charge >= 0.3 is 0 Å². The number of hydrazone groups is 1. The predicted octanol–water partition coefficient (Wildman–Crippen LogP) is 4.01. The molecule has 0 atom stereocenters. The van der Waals surface area contributed by atoms with E-state index >= 15 is 0 Å². The lowest BCUT2D eigenvalue weighted by Gasteiger charge is -2.21. The van der Waals surface area contributed by atoms with Crippen LogP contribution in [0.4, 0.5) is 5.69 Å². The molecule has 0 saturated heterocycles. The maximum Gasteiger partial charge on any atom is 0.269 e. The number of nitrogens with zero attached hydrogens (tertiary/aromatic N) is 3. The zero-order chi connectivity index (χ0) is 24.7. The Morgan fingerprint density at radius 2 is 1.68 bits per heavy atom. The minimum atomic E-state index is -3.98. The van der Waals surface area contributed by atoms with Gasteiger partial charge in [-0.1, -0.05) is 45.8 Å². The lowest BCUT2D eigenvalue weighted by atomic mass is 10.1. The van der Waals surface area contributed by atoms with Crippen LogP contribution in [0.15, 0.2) is 87.3 Å². The summed E-state index contributed by atoms with van der Waals surface area (Å²) in [5.74, 6) is -0.633. The molecule has 0 fully saturated rings. The van der Waals surface area contributed by atoms with E-state index in [1.165, 1.54) is 42.6 Å². The van der Waals surface area contributed by atoms with Crippen molar-refractivity contribution in [3.05, 3.63) is 104 Å². The third-order valence-corrected chi connectivity index (χ3v) is 7.09. The standard InChI is InChI=1S/C23H21BrN4O5S/c1-17-2-4-19(5-3-17)15-27(34(32,33)22-12-8-20(24)9-13-22)16-23(29)26-25-14-18-6-10-21(11-7-18)28(30)31/h2-14H,15-16H2,1H3,(H,26,29)/b25-14-. The molecule has 9 nitrogen and oxygen atoms in total. The molecule has 0 aliphatic heterocycles. The van der Waals surface area contributed by atoms with Crippen molar-refractivity contribution in [1.82, 2.24) is 9.73 Å². The molecule has 0 aliphatic rings. The molecule has 34 heavy (non-hydrogen) atoms. The maximum atomic E-state index is 13.3. The Hall–Kier alpha value is -3.41. The summed E-state index contributed by atoms with van der Waals surface area (Å²) in [6, 6.07) is 19.1. The van der Waals surface area contributed by atoms with Crippen LogP contribution in [0.25, 0.3) is 0 Å². The van der Waals surface area contributed by atoms with Gasteiger partial charge in [0.1, 0.15) is 0 Å². The summed E-state index contributed by atoms with van der Waals surface area (Å²) in [6.07, 6.45) is 1.31. The number of nitro benzene ring substituents is 1. The molecule has 11 heteroatoms. The van der Waals surface area contributed by atoms with Crippen molar-refractivity contribution in [2.75, 3.05) is 6.54 Å². The number of sulfonamides is 1. The van der Waals surface area contributed by atoms with Crippen LogP contribution in [0.5, 0.6) is 0 Å². The van der Waals surface area contributed by atoms with Gasteiger partial charge in [-0.25, -0.2) is 13.8 Å². The molecule has 0 radical (unpaired) electrons. The lowest BCUT2D eigenvalue weighted by Crippen LogP contribution is -2.39. The van der Waals surface area contributed by atoms with Gasteiger partial charge < -0.3 is 0 Å². The molecule has 3 aromatic rings. The van der Waals surface area contributed by atoms with E-state index in [1.54, 1.807) is 12.1 Å². The fraction of sp³-hybridized carbons (Fsp3) is 0.130. The summed E-state index contributed by atoms with van der Waals surface area (Å²) in [6.45, 7) is 1.47. The van der Waals surface area contributed by atoms with Crippen molar-refractivity contribution >= 4 is 43.8 Å². The number of hydrogen-bond donors (Lipinski definition) is 1. The van der Waals surface area contributed by atoms with Gasteiger partial charge in [0.05, 0.1) is 22.6 Å². The number of amides is 1. The maximum absolute atomic E-state index is 13.3. The number of hydrogen-bond acceptors (Lipinski definition) is 6. The van der Waals surface area contributed by atoms with Crippen LogP contribution in [0.2, 0.25) is 0 Å². The van der Waals surface area contributed by atoms with Crippen molar-refractivity contribution in [3.8, 4) is 0 Å². The van der Waals surface area contributed by atoms with E-state index in [4.69, 9.17) is 0 Å². The molecule has 1 amide bonds. The highest BCUT2D eigenvalue weighted by Gasteiger charge is 2.27. The molecule has 3 rings (SSSR count). The first-order valence-electron chi connectivity index (χ1n) is 10.0. The molecule has 0 aromatic heterocycles. The number of non-ortho nitro benzene ring substituents is 1. The normalized spacial score (nSPS) is 11.6. The molecule has 0 heterocycles. The van der Waals surface area contributed by atoms with E-state index in [2.05, 4.69) is 26.5 Å². The van der Waals surface area contributed by atoms with Crippen molar-refractivity contribution < 1.29 is 18.1 Å². The number of carbonyl (C=O) groups excluding carboxylic acids is 1. The first kappa shape index (κ1) is 25.2. The SMILES string of the molecule is Cc1ccc(CN(CC(=O)N/N=C\c2ccc([N+](=O)[O-])cc2)S(=O)(=O)c2ccc(Br)cc2)cc1. The van der Waals surface area contributed by atoms with Crippen LogP contribution in [0, 0.1) is 17.0 Å². The molecular weight excluding hydrogens is 524 g/mol. The summed E-state index contributed by atoms with van der Waals surface area (Å²) in [7, 11) is -3.98. The highest BCUT2D eigenvalue weighted by atomic mass is 79.9. The molecule has 0 bridgehead atoms. The summed E-state index contributed by atoms with van der Waals surface area (Å²) in [5, 5.41) is 14.6. The van der Waals surface area contributed by atoms with Gasteiger partial charge in [-0.2, -0.15) is 9.41 Å². The minimum Gasteiger partial charge on any atom is -0.272 e. The summed E-state index contributed by atoms with van der Waals surface area (Å²) >= 11 is 3.29. The monoisotopic (exact) mass is 544 g/mol. The van der Waals surface area contributed by atoms with E-state index in [0.717, 1.165) is 19.9 Å². The Kier molecular flexibility index (Phi) is 8.26. The van der Waals surface area contributed by atoms with Crippen LogP contribution < -0.4 is 5.43 Å². The van der Waals surface area contributed by atoms with E-state index in [9.17, 15) is 23.3 Å². The molecule has 0 aliphatic carbocycles. The number of aryl methyl sites for hydroxylation is 1. The van der Waals surface area contributed by atoms with Gasteiger partial charge in [-0.15, -0.1) is 0 Å². The largest absolute Gasteiger partial charge is 0.272 e. The van der Waals surface area contributed by atoms with Gasteiger partial charge in [0.25, 0.3) is 11.6 Å². The second-order valence-electron chi connectivity index (χ2n) is 7.35. The average molecular weight is 545 g/mol. The molecule has 0 saturated carbocycles. The molecule has 3 aromatic carbocycles. The highest BCUT2D eigenvalue weighted by molar-refractivity contribution is 9.10. The number of benzene rings is 3. The molecule has 0 spiro atoms. The van der Waals surface area contributed by atoms with Crippen LogP contribution in [-0.2, 0) is 21.4 Å². The first-order chi connectivity index (χ1) is 16.1. The van der Waals surface area contributed by atoms with Gasteiger partial charge in [0.2, 0.25) is 10.0 Å². The van der Waals surface area contributed by atoms with Gasteiger partial charge in [-0.3, -0.25) is 14.9 Å². The van der Waals surface area contributed by atoms with Gasteiger partial charge in [0, 0.05) is 23.2 Å². The molecular formula is C23H21BrN4O5S. The van der Waals surface area contributed by atoms with Crippen molar-refractivity contribution in [2.24, 2.45) is 5.10 Å². The lowest BCUT2D eigenvalue weighted by molar-refractivity contribution is -0.384. The van der Waals surface area contributed by atoms with E-state index in [1.807, 2.05) is 31.2 Å². The number of halogens is 1. The second-order valence-corrected chi connectivity index (χ2v) is 10.2. The first-order valence-corrected chi connectivity index (χ1v) is 12.3. The Bertz CT molecular complexity index is 1290. The number of nitrogens with one attached hydrogen (secondary N) is 1. The van der Waals surface area contributed by atoms with Crippen LogP contribution in [0.3, 0.4) is 0 Å². The van der Waals surface area contributed by atoms with Crippen molar-refractivity contribution in [2.45, 2.75) is 18.4 Å².